The Labute approximate surface area is 134 Å². The predicted molar refractivity (Wildman–Crippen MR) is 86.4 cm³/mol. The molecule has 1 N–H and O–H groups in total. The molecule has 0 saturated heterocycles. The minimum atomic E-state index is -3.98. The number of sulfonamides is 1. The van der Waals surface area contributed by atoms with Crippen LogP contribution >= 0.6 is 0 Å². The van der Waals surface area contributed by atoms with Gasteiger partial charge in [-0.2, -0.15) is 0 Å². The second kappa shape index (κ2) is 6.25. The second-order valence-electron chi connectivity index (χ2n) is 4.97. The van der Waals surface area contributed by atoms with Crippen molar-refractivity contribution in [1.29, 1.82) is 0 Å². The maximum atomic E-state index is 12.6. The lowest BCUT2D eigenvalue weighted by molar-refractivity contribution is -0.385. The van der Waals surface area contributed by atoms with Gasteiger partial charge in [-0.3, -0.25) is 14.8 Å². The van der Waals surface area contributed by atoms with Crippen molar-refractivity contribution in [2.45, 2.75) is 18.7 Å². The topological polar surface area (TPSA) is 98.5 Å². The molecule has 0 fully saturated rings. The standard InChI is InChI=1S/C15H16N2O5S/c1-10-7-8-14(22-3)12(9-10)16-23(20,21)15-6-4-5-13(11(15)2)17(18)19/h4-9,16H,1-3H3. The van der Waals surface area contributed by atoms with Crippen LogP contribution in [0.5, 0.6) is 5.75 Å². The summed E-state index contributed by atoms with van der Waals surface area (Å²) in [5.74, 6) is 0.363. The monoisotopic (exact) mass is 336 g/mol. The maximum absolute atomic E-state index is 12.6. The highest BCUT2D eigenvalue weighted by Crippen LogP contribution is 2.30. The van der Waals surface area contributed by atoms with Gasteiger partial charge in [0.1, 0.15) is 5.75 Å². The molecule has 0 saturated carbocycles. The van der Waals surface area contributed by atoms with Gasteiger partial charge in [-0.05, 0) is 37.6 Å². The molecule has 0 aliphatic rings. The molecular formula is C15H16N2O5S. The summed E-state index contributed by atoms with van der Waals surface area (Å²) in [6.45, 7) is 3.22. The highest BCUT2D eigenvalue weighted by atomic mass is 32.2. The molecule has 0 spiro atoms. The van der Waals surface area contributed by atoms with Gasteiger partial charge in [0.05, 0.1) is 22.6 Å². The van der Waals surface area contributed by atoms with Crippen molar-refractivity contribution in [2.75, 3.05) is 11.8 Å². The zero-order chi connectivity index (χ0) is 17.2. The van der Waals surface area contributed by atoms with Crippen molar-refractivity contribution < 1.29 is 18.1 Å². The first-order valence-electron chi connectivity index (χ1n) is 6.67. The van der Waals surface area contributed by atoms with Crippen LogP contribution in [0.4, 0.5) is 11.4 Å². The minimum Gasteiger partial charge on any atom is -0.495 e. The number of nitro groups is 1. The van der Waals surface area contributed by atoms with Crippen LogP contribution < -0.4 is 9.46 Å². The Kier molecular flexibility index (Phi) is 4.55. The summed E-state index contributed by atoms with van der Waals surface area (Å²) in [5.41, 5.74) is 0.957. The predicted octanol–water partition coefficient (Wildman–Crippen LogP) is 3.02. The van der Waals surface area contributed by atoms with Crippen molar-refractivity contribution in [1.82, 2.24) is 0 Å². The number of rotatable bonds is 5. The Bertz CT molecular complexity index is 862. The highest BCUT2D eigenvalue weighted by Gasteiger charge is 2.23. The van der Waals surface area contributed by atoms with Gasteiger partial charge in [-0.15, -0.1) is 0 Å². The minimum absolute atomic E-state index is 0.0802. The van der Waals surface area contributed by atoms with E-state index in [4.69, 9.17) is 4.74 Å². The molecule has 0 unspecified atom stereocenters. The molecule has 0 amide bonds. The lowest BCUT2D eigenvalue weighted by atomic mass is 10.2. The van der Waals surface area contributed by atoms with Gasteiger partial charge >= 0.3 is 0 Å². The molecule has 2 rings (SSSR count). The number of hydrogen-bond acceptors (Lipinski definition) is 5. The van der Waals surface area contributed by atoms with Crippen molar-refractivity contribution in [3.63, 3.8) is 0 Å². The fraction of sp³-hybridized carbons (Fsp3) is 0.200. The SMILES string of the molecule is COc1ccc(C)cc1NS(=O)(=O)c1cccc([N+](=O)[O-])c1C. The fourth-order valence-electron chi connectivity index (χ4n) is 2.19. The van der Waals surface area contributed by atoms with Crippen LogP contribution in [0.15, 0.2) is 41.3 Å². The molecule has 0 bridgehead atoms. The number of nitro benzene ring substituents is 1. The average molecular weight is 336 g/mol. The van der Waals surface area contributed by atoms with Gasteiger partial charge in [-0.25, -0.2) is 8.42 Å². The fourth-order valence-corrected chi connectivity index (χ4v) is 3.52. The Hall–Kier alpha value is -2.61. The van der Waals surface area contributed by atoms with Crippen LogP contribution in [0.2, 0.25) is 0 Å². The second-order valence-corrected chi connectivity index (χ2v) is 6.62. The van der Waals surface area contributed by atoms with E-state index in [1.54, 1.807) is 18.2 Å². The number of ether oxygens (including phenoxy) is 1. The van der Waals surface area contributed by atoms with E-state index in [1.807, 2.05) is 6.92 Å². The van der Waals surface area contributed by atoms with Gasteiger partial charge in [0.25, 0.3) is 15.7 Å². The van der Waals surface area contributed by atoms with Crippen molar-refractivity contribution in [2.24, 2.45) is 0 Å². The zero-order valence-electron chi connectivity index (χ0n) is 12.9. The van der Waals surface area contributed by atoms with E-state index < -0.39 is 14.9 Å². The first-order valence-corrected chi connectivity index (χ1v) is 8.16. The van der Waals surface area contributed by atoms with E-state index in [2.05, 4.69) is 4.72 Å². The van der Waals surface area contributed by atoms with E-state index >= 15 is 0 Å². The molecule has 2 aromatic carbocycles. The van der Waals surface area contributed by atoms with E-state index in [-0.39, 0.29) is 21.8 Å². The van der Waals surface area contributed by atoms with Crippen LogP contribution in [-0.2, 0) is 10.0 Å². The van der Waals surface area contributed by atoms with Gasteiger partial charge in [0, 0.05) is 11.6 Å². The maximum Gasteiger partial charge on any atom is 0.273 e. The molecule has 0 aromatic heterocycles. The number of hydrogen-bond donors (Lipinski definition) is 1. The summed E-state index contributed by atoms with van der Waals surface area (Å²) < 4.78 is 32.7. The van der Waals surface area contributed by atoms with Crippen molar-refractivity contribution in [3.8, 4) is 5.75 Å². The van der Waals surface area contributed by atoms with Crippen LogP contribution in [0.3, 0.4) is 0 Å². The third-order valence-electron chi connectivity index (χ3n) is 3.34. The normalized spacial score (nSPS) is 11.1. The van der Waals surface area contributed by atoms with E-state index in [0.717, 1.165) is 5.56 Å². The van der Waals surface area contributed by atoms with Crippen LogP contribution in [0.1, 0.15) is 11.1 Å². The molecule has 23 heavy (non-hydrogen) atoms. The first-order chi connectivity index (χ1) is 10.8. The van der Waals surface area contributed by atoms with Gasteiger partial charge in [-0.1, -0.05) is 12.1 Å². The molecule has 7 nitrogen and oxygen atoms in total. The largest absolute Gasteiger partial charge is 0.495 e. The third kappa shape index (κ3) is 3.42. The number of nitrogens with one attached hydrogen (secondary N) is 1. The number of benzene rings is 2. The quantitative estimate of drug-likeness (QED) is 0.668. The van der Waals surface area contributed by atoms with Crippen LogP contribution in [0.25, 0.3) is 0 Å². The Balaban J connectivity index is 2.51. The van der Waals surface area contributed by atoms with E-state index in [1.165, 1.54) is 32.2 Å². The number of methoxy groups -OCH3 is 1. The summed E-state index contributed by atoms with van der Waals surface area (Å²) in [4.78, 5) is 10.2. The molecular weight excluding hydrogens is 320 g/mol. The van der Waals surface area contributed by atoms with Crippen LogP contribution in [0, 0.1) is 24.0 Å². The third-order valence-corrected chi connectivity index (χ3v) is 4.85. The Morgan fingerprint density at radius 2 is 1.87 bits per heavy atom. The molecule has 0 aliphatic heterocycles. The van der Waals surface area contributed by atoms with E-state index in [0.29, 0.717) is 5.75 Å². The lowest BCUT2D eigenvalue weighted by Gasteiger charge is -2.13. The number of aryl methyl sites for hydroxylation is 1. The molecule has 2 aromatic rings. The highest BCUT2D eigenvalue weighted by molar-refractivity contribution is 7.92. The number of anilines is 1. The lowest BCUT2D eigenvalue weighted by Crippen LogP contribution is -2.15. The van der Waals surface area contributed by atoms with Gasteiger partial charge in [0.2, 0.25) is 0 Å². The Morgan fingerprint density at radius 3 is 2.48 bits per heavy atom. The van der Waals surface area contributed by atoms with Crippen LogP contribution in [-0.4, -0.2) is 20.5 Å². The van der Waals surface area contributed by atoms with E-state index in [9.17, 15) is 18.5 Å². The van der Waals surface area contributed by atoms with Gasteiger partial charge in [0.15, 0.2) is 0 Å². The zero-order valence-corrected chi connectivity index (χ0v) is 13.7. The summed E-state index contributed by atoms with van der Waals surface area (Å²) in [6.07, 6.45) is 0. The summed E-state index contributed by atoms with van der Waals surface area (Å²) in [5, 5.41) is 11.0. The van der Waals surface area contributed by atoms with Crippen molar-refractivity contribution >= 4 is 21.4 Å². The molecule has 0 aliphatic carbocycles. The summed E-state index contributed by atoms with van der Waals surface area (Å²) >= 11 is 0. The smallest absolute Gasteiger partial charge is 0.273 e. The summed E-state index contributed by atoms with van der Waals surface area (Å²) in [6, 6.07) is 8.99. The molecule has 0 heterocycles. The molecule has 122 valence electrons. The molecule has 8 heteroatoms. The van der Waals surface area contributed by atoms with Gasteiger partial charge < -0.3 is 4.74 Å². The first kappa shape index (κ1) is 16.8. The number of nitrogens with zero attached hydrogens (tertiary/aromatic N) is 1. The Morgan fingerprint density at radius 1 is 1.17 bits per heavy atom. The molecule has 0 radical (unpaired) electrons. The summed E-state index contributed by atoms with van der Waals surface area (Å²) in [7, 11) is -2.55. The molecule has 0 atom stereocenters. The average Bonchev–Trinajstić information content (AvgIpc) is 2.46. The van der Waals surface area contributed by atoms with Crippen molar-refractivity contribution in [3.05, 3.63) is 57.6 Å².